The van der Waals surface area contributed by atoms with E-state index in [1.54, 1.807) is 48.5 Å². The summed E-state index contributed by atoms with van der Waals surface area (Å²) in [6.45, 7) is 0. The van der Waals surface area contributed by atoms with Crippen LogP contribution in [0.15, 0.2) is 70.1 Å². The van der Waals surface area contributed by atoms with Crippen molar-refractivity contribution in [1.82, 2.24) is 0 Å². The van der Waals surface area contributed by atoms with Gasteiger partial charge in [0.15, 0.2) is 0 Å². The van der Waals surface area contributed by atoms with Crippen molar-refractivity contribution in [2.45, 2.75) is 0 Å². The van der Waals surface area contributed by atoms with Crippen LogP contribution in [0, 0.1) is 0 Å². The second-order valence-corrected chi connectivity index (χ2v) is 8.11. The number of phenols is 3. The first-order chi connectivity index (χ1) is 12.0. The van der Waals surface area contributed by atoms with E-state index in [4.69, 9.17) is 0 Å². The van der Waals surface area contributed by atoms with Crippen molar-refractivity contribution in [3.63, 3.8) is 0 Å². The summed E-state index contributed by atoms with van der Waals surface area (Å²) in [7, 11) is 0. The molecule has 5 heteroatoms. The minimum Gasteiger partial charge on any atom is -0.508 e. The lowest BCUT2D eigenvalue weighted by Gasteiger charge is -2.15. The quantitative estimate of drug-likeness (QED) is 0.449. The molecule has 0 aliphatic rings. The smallest absolute Gasteiger partial charge is 0.116 e. The molecule has 0 heterocycles. The van der Waals surface area contributed by atoms with E-state index >= 15 is 0 Å². The highest BCUT2D eigenvalue weighted by Crippen LogP contribution is 2.40. The van der Waals surface area contributed by atoms with Crippen molar-refractivity contribution in [3.05, 3.63) is 81.2 Å². The van der Waals surface area contributed by atoms with E-state index < -0.39 is 0 Å². The van der Waals surface area contributed by atoms with Crippen LogP contribution in [0.5, 0.6) is 17.2 Å². The van der Waals surface area contributed by atoms with Gasteiger partial charge in [0.2, 0.25) is 0 Å². The Bertz CT molecular complexity index is 926. The average Bonchev–Trinajstić information content (AvgIpc) is 2.58. The molecule has 0 saturated heterocycles. The standard InChI is InChI=1S/C20H14Br2O3/c21-20(22)19(13-3-7-15(24)8-4-13)17-10-9-16(25)11-18(17)12-1-5-14(23)6-2-12/h1-11,23-25H. The third-order valence-corrected chi connectivity index (χ3v) is 4.59. The fraction of sp³-hybridized carbons (Fsp3) is 0. The van der Waals surface area contributed by atoms with Gasteiger partial charge in [-0.3, -0.25) is 0 Å². The summed E-state index contributed by atoms with van der Waals surface area (Å²) in [6, 6.07) is 18.8. The minimum atomic E-state index is 0.155. The second kappa shape index (κ2) is 7.33. The van der Waals surface area contributed by atoms with Crippen LogP contribution in [0.1, 0.15) is 11.1 Å². The summed E-state index contributed by atoms with van der Waals surface area (Å²) in [5.41, 5.74) is 4.34. The molecule has 0 radical (unpaired) electrons. The van der Waals surface area contributed by atoms with Crippen LogP contribution in [0.25, 0.3) is 16.7 Å². The molecule has 3 nitrogen and oxygen atoms in total. The predicted molar refractivity (Wildman–Crippen MR) is 107 cm³/mol. The number of halogens is 2. The maximum atomic E-state index is 9.96. The molecule has 0 amide bonds. The van der Waals surface area contributed by atoms with Gasteiger partial charge in [-0.25, -0.2) is 0 Å². The summed E-state index contributed by atoms with van der Waals surface area (Å²) >= 11 is 7.00. The molecular weight excluding hydrogens is 448 g/mol. The Hall–Kier alpha value is -2.24. The fourth-order valence-electron chi connectivity index (χ4n) is 2.62. The van der Waals surface area contributed by atoms with Crippen LogP contribution in [0.2, 0.25) is 0 Å². The van der Waals surface area contributed by atoms with E-state index in [-0.39, 0.29) is 17.2 Å². The molecule has 0 aliphatic heterocycles. The Morgan fingerprint density at radius 1 is 0.640 bits per heavy atom. The number of benzene rings is 3. The first kappa shape index (κ1) is 17.6. The zero-order valence-corrected chi connectivity index (χ0v) is 16.1. The Labute approximate surface area is 162 Å². The highest BCUT2D eigenvalue weighted by Gasteiger charge is 2.15. The predicted octanol–water partition coefficient (Wildman–Crippen LogP) is 5.98. The number of rotatable bonds is 3. The van der Waals surface area contributed by atoms with Gasteiger partial charge in [0.05, 0.1) is 3.39 Å². The van der Waals surface area contributed by atoms with Crippen molar-refractivity contribution < 1.29 is 15.3 Å². The van der Waals surface area contributed by atoms with Crippen molar-refractivity contribution >= 4 is 37.4 Å². The van der Waals surface area contributed by atoms with Gasteiger partial charge in [-0.2, -0.15) is 0 Å². The van der Waals surface area contributed by atoms with Crippen LogP contribution in [-0.4, -0.2) is 15.3 Å². The summed E-state index contributed by atoms with van der Waals surface area (Å²) in [5, 5.41) is 29.0. The van der Waals surface area contributed by atoms with Crippen LogP contribution in [0.4, 0.5) is 0 Å². The number of hydrogen-bond acceptors (Lipinski definition) is 3. The van der Waals surface area contributed by atoms with Gasteiger partial charge in [-0.1, -0.05) is 30.3 Å². The first-order valence-electron chi connectivity index (χ1n) is 7.43. The molecule has 3 rings (SSSR count). The monoisotopic (exact) mass is 460 g/mol. The summed E-state index contributed by atoms with van der Waals surface area (Å²) in [5.74, 6) is 0.530. The van der Waals surface area contributed by atoms with Crippen molar-refractivity contribution in [2.75, 3.05) is 0 Å². The second-order valence-electron chi connectivity index (χ2n) is 5.46. The maximum absolute atomic E-state index is 9.96. The molecule has 126 valence electrons. The molecule has 3 N–H and O–H groups in total. The fourth-order valence-corrected chi connectivity index (χ4v) is 3.51. The SMILES string of the molecule is Oc1ccc(C(=C(Br)Br)c2ccc(O)cc2-c2ccc(O)cc2)cc1. The normalized spacial score (nSPS) is 10.5. The molecule has 0 fully saturated rings. The third kappa shape index (κ3) is 3.89. The number of aromatic hydroxyl groups is 3. The Morgan fingerprint density at radius 3 is 1.72 bits per heavy atom. The molecule has 3 aromatic carbocycles. The van der Waals surface area contributed by atoms with Crippen molar-refractivity contribution in [1.29, 1.82) is 0 Å². The van der Waals surface area contributed by atoms with E-state index in [1.807, 2.05) is 18.2 Å². The van der Waals surface area contributed by atoms with E-state index in [1.165, 1.54) is 0 Å². The van der Waals surface area contributed by atoms with Gasteiger partial charge in [0.25, 0.3) is 0 Å². The van der Waals surface area contributed by atoms with E-state index in [2.05, 4.69) is 31.9 Å². The van der Waals surface area contributed by atoms with Crippen molar-refractivity contribution in [3.8, 4) is 28.4 Å². The lowest BCUT2D eigenvalue weighted by atomic mass is 9.91. The highest BCUT2D eigenvalue weighted by molar-refractivity contribution is 9.28. The van der Waals surface area contributed by atoms with Gasteiger partial charge in [0.1, 0.15) is 17.2 Å². The molecule has 25 heavy (non-hydrogen) atoms. The summed E-state index contributed by atoms with van der Waals surface area (Å²) < 4.78 is 0.747. The van der Waals surface area contributed by atoms with Gasteiger partial charge < -0.3 is 15.3 Å². The topological polar surface area (TPSA) is 60.7 Å². The largest absolute Gasteiger partial charge is 0.508 e. The summed E-state index contributed by atoms with van der Waals surface area (Å²) in [4.78, 5) is 0. The average molecular weight is 462 g/mol. The maximum Gasteiger partial charge on any atom is 0.116 e. The van der Waals surface area contributed by atoms with Crippen LogP contribution in [0.3, 0.4) is 0 Å². The lowest BCUT2D eigenvalue weighted by molar-refractivity contribution is 0.474. The van der Waals surface area contributed by atoms with Gasteiger partial charge in [-0.15, -0.1) is 0 Å². The Kier molecular flexibility index (Phi) is 5.16. The number of hydrogen-bond donors (Lipinski definition) is 3. The van der Waals surface area contributed by atoms with Crippen LogP contribution >= 0.6 is 31.9 Å². The molecular formula is C20H14Br2O3. The molecule has 0 aromatic heterocycles. The molecule has 0 saturated carbocycles. The Balaban J connectivity index is 2.23. The van der Waals surface area contributed by atoms with Gasteiger partial charge >= 0.3 is 0 Å². The zero-order chi connectivity index (χ0) is 18.0. The molecule has 0 atom stereocenters. The third-order valence-electron chi connectivity index (χ3n) is 3.80. The molecule has 3 aromatic rings. The molecule has 0 aliphatic carbocycles. The minimum absolute atomic E-state index is 0.155. The number of phenolic OH excluding ortho intramolecular Hbond substituents is 3. The van der Waals surface area contributed by atoms with Gasteiger partial charge in [0, 0.05) is 5.57 Å². The molecule has 0 spiro atoms. The van der Waals surface area contributed by atoms with E-state index in [9.17, 15) is 15.3 Å². The van der Waals surface area contributed by atoms with Gasteiger partial charge in [-0.05, 0) is 90.5 Å². The van der Waals surface area contributed by atoms with Crippen molar-refractivity contribution in [2.24, 2.45) is 0 Å². The lowest BCUT2D eigenvalue weighted by Crippen LogP contribution is -1.93. The first-order valence-corrected chi connectivity index (χ1v) is 9.02. The van der Waals surface area contributed by atoms with Crippen LogP contribution < -0.4 is 0 Å². The molecule has 0 bridgehead atoms. The highest BCUT2D eigenvalue weighted by atomic mass is 79.9. The molecule has 0 unspecified atom stereocenters. The zero-order valence-electron chi connectivity index (χ0n) is 12.9. The Morgan fingerprint density at radius 2 is 1.16 bits per heavy atom. The summed E-state index contributed by atoms with van der Waals surface area (Å²) in [6.07, 6.45) is 0. The van der Waals surface area contributed by atoms with Crippen LogP contribution in [-0.2, 0) is 0 Å². The van der Waals surface area contributed by atoms with E-state index in [0.29, 0.717) is 0 Å². The van der Waals surface area contributed by atoms with E-state index in [0.717, 1.165) is 31.2 Å².